The van der Waals surface area contributed by atoms with Crippen molar-refractivity contribution in [2.75, 3.05) is 12.4 Å². The number of aromatic nitrogens is 4. The third-order valence-corrected chi connectivity index (χ3v) is 3.15. The van der Waals surface area contributed by atoms with Crippen LogP contribution in [0.15, 0.2) is 28.9 Å². The fourth-order valence-corrected chi connectivity index (χ4v) is 1.87. The van der Waals surface area contributed by atoms with Gasteiger partial charge in [0.1, 0.15) is 11.6 Å². The highest BCUT2D eigenvalue weighted by atomic mass is 79.9. The van der Waals surface area contributed by atoms with E-state index in [1.54, 1.807) is 18.2 Å². The van der Waals surface area contributed by atoms with Gasteiger partial charge in [-0.05, 0) is 39.3 Å². The van der Waals surface area contributed by atoms with Gasteiger partial charge < -0.3 is 10.1 Å². The maximum Gasteiger partial charge on any atom is 0.339 e. The Labute approximate surface area is 127 Å². The highest BCUT2D eigenvalue weighted by Crippen LogP contribution is 2.22. The van der Waals surface area contributed by atoms with Crippen molar-refractivity contribution in [1.82, 2.24) is 20.6 Å². The number of ether oxygens (including phenoxy) is 1. The minimum absolute atomic E-state index is 0.176. The lowest BCUT2D eigenvalue weighted by molar-refractivity contribution is 0.0599. The second-order valence-electron chi connectivity index (χ2n) is 3.74. The molecule has 0 aliphatic rings. The van der Waals surface area contributed by atoms with Crippen LogP contribution in [0.2, 0.25) is 0 Å². The van der Waals surface area contributed by atoms with E-state index in [-0.39, 0.29) is 11.4 Å². The molecule has 0 saturated heterocycles. The van der Waals surface area contributed by atoms with E-state index in [0.717, 1.165) is 0 Å². The lowest BCUT2D eigenvalue weighted by atomic mass is 10.2. The quantitative estimate of drug-likeness (QED) is 0.638. The molecule has 1 aromatic carbocycles. The molecule has 0 aliphatic heterocycles. The monoisotopic (exact) mass is 348 g/mol. The van der Waals surface area contributed by atoms with Crippen LogP contribution in [-0.2, 0) is 4.74 Å². The number of carbonyl (C=O) groups excluding carboxylic acids is 1. The highest BCUT2D eigenvalue weighted by molar-refractivity contribution is 9.10. The molecule has 106 valence electrons. The average molecular weight is 349 g/mol. The van der Waals surface area contributed by atoms with Gasteiger partial charge in [0.2, 0.25) is 5.82 Å². The van der Waals surface area contributed by atoms with Gasteiger partial charge in [-0.15, -0.1) is 10.2 Å². The summed E-state index contributed by atoms with van der Waals surface area (Å²) < 4.78 is 5.29. The number of halogens is 1. The molecule has 1 heterocycles. The zero-order valence-electron chi connectivity index (χ0n) is 10.8. The largest absolute Gasteiger partial charge is 0.465 e. The molecule has 9 heteroatoms. The third-order valence-electron chi connectivity index (χ3n) is 2.46. The van der Waals surface area contributed by atoms with E-state index < -0.39 is 5.97 Å². The Bertz CT molecular complexity index is 720. The normalized spacial score (nSPS) is 10.8. The van der Waals surface area contributed by atoms with Crippen molar-refractivity contribution in [3.8, 4) is 6.07 Å². The van der Waals surface area contributed by atoms with E-state index in [2.05, 4.69) is 46.6 Å². The lowest BCUT2D eigenvalue weighted by Crippen LogP contribution is -2.03. The summed E-state index contributed by atoms with van der Waals surface area (Å²) >= 11 is 3.27. The van der Waals surface area contributed by atoms with Gasteiger partial charge in [0, 0.05) is 16.4 Å². The molecule has 0 amide bonds. The van der Waals surface area contributed by atoms with Crippen LogP contribution in [0.5, 0.6) is 0 Å². The standard InChI is InChI=1S/C12H9BrN6O2/c1-21-12(20)9-4-8(2-3-10(9)13)15-6-7(5-14)11-16-18-19-17-11/h2-4,6,15H,1H3,(H,16,17,18,19). The van der Waals surface area contributed by atoms with Crippen molar-refractivity contribution in [2.45, 2.75) is 0 Å². The summed E-state index contributed by atoms with van der Waals surface area (Å²) in [6, 6.07) is 6.97. The maximum atomic E-state index is 11.6. The van der Waals surface area contributed by atoms with Crippen molar-refractivity contribution < 1.29 is 9.53 Å². The second kappa shape index (κ2) is 6.62. The molecule has 2 aromatic rings. The van der Waals surface area contributed by atoms with Crippen LogP contribution in [0.25, 0.3) is 5.57 Å². The Morgan fingerprint density at radius 2 is 2.38 bits per heavy atom. The van der Waals surface area contributed by atoms with Crippen molar-refractivity contribution in [3.63, 3.8) is 0 Å². The molecule has 0 aliphatic carbocycles. The second-order valence-corrected chi connectivity index (χ2v) is 4.59. The van der Waals surface area contributed by atoms with E-state index >= 15 is 0 Å². The van der Waals surface area contributed by atoms with Gasteiger partial charge in [0.05, 0.1) is 12.7 Å². The number of H-pyrrole nitrogens is 1. The molecule has 1 aromatic heterocycles. The van der Waals surface area contributed by atoms with Gasteiger partial charge in [0.15, 0.2) is 0 Å². The smallest absolute Gasteiger partial charge is 0.339 e. The zero-order valence-corrected chi connectivity index (χ0v) is 12.4. The molecule has 21 heavy (non-hydrogen) atoms. The van der Waals surface area contributed by atoms with E-state index in [0.29, 0.717) is 15.7 Å². The number of nitrogens with zero attached hydrogens (tertiary/aromatic N) is 4. The van der Waals surface area contributed by atoms with Crippen LogP contribution in [-0.4, -0.2) is 33.7 Å². The summed E-state index contributed by atoms with van der Waals surface area (Å²) in [7, 11) is 1.30. The molecule has 0 radical (unpaired) electrons. The van der Waals surface area contributed by atoms with Gasteiger partial charge in [0.25, 0.3) is 0 Å². The number of aromatic amines is 1. The Kier molecular flexibility index (Phi) is 4.63. The number of anilines is 1. The summed E-state index contributed by atoms with van der Waals surface area (Å²) in [5, 5.41) is 25.0. The summed E-state index contributed by atoms with van der Waals surface area (Å²) in [5.41, 5.74) is 1.18. The summed E-state index contributed by atoms with van der Waals surface area (Å²) in [6.45, 7) is 0. The predicted molar refractivity (Wildman–Crippen MR) is 76.9 cm³/mol. The molecule has 0 saturated carbocycles. The molecular formula is C12H9BrN6O2. The van der Waals surface area contributed by atoms with Crippen molar-refractivity contribution in [3.05, 3.63) is 40.3 Å². The zero-order chi connectivity index (χ0) is 15.2. The van der Waals surface area contributed by atoms with Gasteiger partial charge in [-0.2, -0.15) is 10.5 Å². The van der Waals surface area contributed by atoms with Crippen molar-refractivity contribution in [2.24, 2.45) is 0 Å². The predicted octanol–water partition coefficient (Wildman–Crippen LogP) is 1.73. The molecule has 8 nitrogen and oxygen atoms in total. The van der Waals surface area contributed by atoms with E-state index in [1.165, 1.54) is 13.3 Å². The third kappa shape index (κ3) is 3.43. The fraction of sp³-hybridized carbons (Fsp3) is 0.0833. The van der Waals surface area contributed by atoms with Crippen molar-refractivity contribution >= 4 is 33.2 Å². The molecule has 0 fully saturated rings. The molecule has 0 spiro atoms. The topological polar surface area (TPSA) is 117 Å². The first-order valence-corrected chi connectivity index (χ1v) is 6.43. The van der Waals surface area contributed by atoms with Crippen LogP contribution in [0.3, 0.4) is 0 Å². The number of benzene rings is 1. The van der Waals surface area contributed by atoms with Gasteiger partial charge >= 0.3 is 5.97 Å². The first-order chi connectivity index (χ1) is 10.2. The van der Waals surface area contributed by atoms with Gasteiger partial charge in [-0.25, -0.2) is 4.79 Å². The number of allylic oxidation sites excluding steroid dienone is 1. The van der Waals surface area contributed by atoms with E-state index in [4.69, 9.17) is 5.26 Å². The Balaban J connectivity index is 2.24. The Hall–Kier alpha value is -2.73. The number of esters is 1. The number of hydrogen-bond acceptors (Lipinski definition) is 7. The lowest BCUT2D eigenvalue weighted by Gasteiger charge is -2.06. The molecule has 0 bridgehead atoms. The average Bonchev–Trinajstić information content (AvgIpc) is 3.03. The highest BCUT2D eigenvalue weighted by Gasteiger charge is 2.11. The van der Waals surface area contributed by atoms with Crippen LogP contribution < -0.4 is 5.32 Å². The summed E-state index contributed by atoms with van der Waals surface area (Å²) in [4.78, 5) is 11.6. The number of carbonyl (C=O) groups is 1. The van der Waals surface area contributed by atoms with Gasteiger partial charge in [-0.1, -0.05) is 0 Å². The Morgan fingerprint density at radius 3 is 3.00 bits per heavy atom. The van der Waals surface area contributed by atoms with E-state index in [1.807, 2.05) is 6.07 Å². The van der Waals surface area contributed by atoms with E-state index in [9.17, 15) is 4.79 Å². The summed E-state index contributed by atoms with van der Waals surface area (Å²) in [6.07, 6.45) is 1.43. The van der Waals surface area contributed by atoms with Crippen molar-refractivity contribution in [1.29, 1.82) is 5.26 Å². The number of nitrogens with one attached hydrogen (secondary N) is 2. The Morgan fingerprint density at radius 1 is 1.57 bits per heavy atom. The number of nitriles is 1. The fourth-order valence-electron chi connectivity index (χ4n) is 1.46. The molecule has 0 atom stereocenters. The van der Waals surface area contributed by atoms with Crippen LogP contribution in [0, 0.1) is 11.3 Å². The minimum atomic E-state index is -0.465. The number of rotatable bonds is 4. The first kappa shape index (κ1) is 14.7. The number of tetrazole rings is 1. The molecule has 0 unspecified atom stereocenters. The number of hydrogen-bond donors (Lipinski definition) is 2. The maximum absolute atomic E-state index is 11.6. The molecule has 2 N–H and O–H groups in total. The van der Waals surface area contributed by atoms with Crippen LogP contribution in [0.1, 0.15) is 16.2 Å². The number of methoxy groups -OCH3 is 1. The summed E-state index contributed by atoms with van der Waals surface area (Å²) in [5.74, 6) is -0.288. The van der Waals surface area contributed by atoms with Crippen LogP contribution >= 0.6 is 15.9 Å². The SMILES string of the molecule is COC(=O)c1cc(NC=C(C#N)c2nn[nH]n2)ccc1Br. The van der Waals surface area contributed by atoms with Gasteiger partial charge in [-0.3, -0.25) is 0 Å². The minimum Gasteiger partial charge on any atom is -0.465 e. The molecule has 2 rings (SSSR count). The first-order valence-electron chi connectivity index (χ1n) is 5.64. The molecular weight excluding hydrogens is 340 g/mol. The van der Waals surface area contributed by atoms with Crippen LogP contribution in [0.4, 0.5) is 5.69 Å².